The third kappa shape index (κ3) is 5.26. The lowest BCUT2D eigenvalue weighted by atomic mass is 9.70. The molecule has 2 aliphatic carbocycles. The van der Waals surface area contributed by atoms with Crippen LogP contribution in [-0.2, 0) is 0 Å². The van der Waals surface area contributed by atoms with Crippen molar-refractivity contribution in [3.63, 3.8) is 0 Å². The molecule has 2 unspecified atom stereocenters. The molecule has 1 fully saturated rings. The molecular formula is C25H33F3O. The van der Waals surface area contributed by atoms with Gasteiger partial charge in [-0.3, -0.25) is 0 Å². The van der Waals surface area contributed by atoms with Crippen LogP contribution in [0, 0.1) is 23.6 Å². The first-order valence-electron chi connectivity index (χ1n) is 11.1. The van der Waals surface area contributed by atoms with Gasteiger partial charge in [0.15, 0.2) is 0 Å². The Morgan fingerprint density at radius 1 is 1.10 bits per heavy atom. The minimum absolute atomic E-state index is 0.0734. The highest BCUT2D eigenvalue weighted by atomic mass is 19.3. The average Bonchev–Trinajstić information content (AvgIpc) is 2.73. The zero-order chi connectivity index (χ0) is 20.8. The van der Waals surface area contributed by atoms with E-state index < -0.39 is 17.8 Å². The van der Waals surface area contributed by atoms with Crippen LogP contribution < -0.4 is 4.74 Å². The van der Waals surface area contributed by atoms with Crippen molar-refractivity contribution < 1.29 is 17.9 Å². The van der Waals surface area contributed by atoms with E-state index in [1.165, 1.54) is 50.7 Å². The maximum absolute atomic E-state index is 14.9. The Morgan fingerprint density at radius 2 is 1.86 bits per heavy atom. The van der Waals surface area contributed by atoms with Crippen LogP contribution in [-0.4, -0.2) is 6.61 Å². The highest BCUT2D eigenvalue weighted by molar-refractivity contribution is 5.42. The number of alkyl halides is 2. The van der Waals surface area contributed by atoms with Crippen molar-refractivity contribution in [3.05, 3.63) is 53.9 Å². The molecular weight excluding hydrogens is 373 g/mol. The first-order chi connectivity index (χ1) is 14.0. The van der Waals surface area contributed by atoms with Gasteiger partial charge in [0.05, 0.1) is 5.56 Å². The second-order valence-corrected chi connectivity index (χ2v) is 8.58. The van der Waals surface area contributed by atoms with Crippen molar-refractivity contribution in [2.45, 2.75) is 70.6 Å². The number of rotatable bonds is 8. The molecule has 0 aliphatic heterocycles. The molecule has 0 aromatic heterocycles. The van der Waals surface area contributed by atoms with Gasteiger partial charge < -0.3 is 4.74 Å². The average molecular weight is 407 g/mol. The summed E-state index contributed by atoms with van der Waals surface area (Å²) < 4.78 is 47.2. The Kier molecular flexibility index (Phi) is 7.85. The molecule has 1 saturated carbocycles. The summed E-state index contributed by atoms with van der Waals surface area (Å²) in [5, 5.41) is 0. The number of halogens is 3. The molecule has 1 aromatic rings. The quantitative estimate of drug-likeness (QED) is 0.398. The minimum atomic E-state index is -2.91. The molecule has 4 heteroatoms. The molecule has 0 N–H and O–H groups in total. The molecule has 0 saturated heterocycles. The number of hydrogen-bond acceptors (Lipinski definition) is 1. The van der Waals surface area contributed by atoms with E-state index in [0.29, 0.717) is 11.5 Å². The van der Waals surface area contributed by atoms with Crippen molar-refractivity contribution in [2.75, 3.05) is 6.61 Å². The fourth-order valence-corrected chi connectivity index (χ4v) is 5.16. The van der Waals surface area contributed by atoms with Gasteiger partial charge in [0.2, 0.25) is 0 Å². The minimum Gasteiger partial charge on any atom is -0.489 e. The van der Waals surface area contributed by atoms with Gasteiger partial charge in [-0.25, -0.2) is 13.2 Å². The smallest absolute Gasteiger partial charge is 0.270 e. The van der Waals surface area contributed by atoms with E-state index in [2.05, 4.69) is 19.6 Å². The molecule has 160 valence electrons. The molecule has 0 heterocycles. The molecule has 0 amide bonds. The van der Waals surface area contributed by atoms with Crippen molar-refractivity contribution in [1.29, 1.82) is 0 Å². The van der Waals surface area contributed by atoms with Crippen molar-refractivity contribution in [3.8, 4) is 5.75 Å². The van der Waals surface area contributed by atoms with Crippen LogP contribution in [0.25, 0.3) is 0 Å². The van der Waals surface area contributed by atoms with Gasteiger partial charge in [0, 0.05) is 5.92 Å². The van der Waals surface area contributed by atoms with Crippen LogP contribution in [0.3, 0.4) is 0 Å². The van der Waals surface area contributed by atoms with Gasteiger partial charge in [-0.15, -0.1) is 0 Å². The maximum atomic E-state index is 14.9. The van der Waals surface area contributed by atoms with E-state index in [1.807, 2.05) is 6.08 Å². The SMILES string of the molecule is C=CCOc1ccc(C2C=CC(C3CCC(CCC)CC3)CC2)c(F)c1C(F)F. The van der Waals surface area contributed by atoms with Crippen LogP contribution in [0.5, 0.6) is 5.75 Å². The number of allylic oxidation sites excluding steroid dienone is 2. The summed E-state index contributed by atoms with van der Waals surface area (Å²) in [6, 6.07) is 3.07. The third-order valence-electron chi connectivity index (χ3n) is 6.74. The summed E-state index contributed by atoms with van der Waals surface area (Å²) in [4.78, 5) is 0. The summed E-state index contributed by atoms with van der Waals surface area (Å²) in [5.74, 6) is 1.09. The fraction of sp³-hybridized carbons (Fsp3) is 0.600. The molecule has 1 aromatic carbocycles. The van der Waals surface area contributed by atoms with E-state index >= 15 is 0 Å². The van der Waals surface area contributed by atoms with Gasteiger partial charge >= 0.3 is 0 Å². The van der Waals surface area contributed by atoms with Crippen LogP contribution >= 0.6 is 0 Å². The van der Waals surface area contributed by atoms with Crippen molar-refractivity contribution in [2.24, 2.45) is 17.8 Å². The largest absolute Gasteiger partial charge is 0.489 e. The van der Waals surface area contributed by atoms with Crippen LogP contribution in [0.2, 0.25) is 0 Å². The van der Waals surface area contributed by atoms with E-state index in [4.69, 9.17) is 4.74 Å². The number of hydrogen-bond donors (Lipinski definition) is 0. The molecule has 2 atom stereocenters. The Morgan fingerprint density at radius 3 is 2.45 bits per heavy atom. The highest BCUT2D eigenvalue weighted by Crippen LogP contribution is 2.43. The summed E-state index contributed by atoms with van der Waals surface area (Å²) >= 11 is 0. The predicted octanol–water partition coefficient (Wildman–Crippen LogP) is 7.98. The molecule has 3 rings (SSSR count). The van der Waals surface area contributed by atoms with E-state index in [1.54, 1.807) is 6.07 Å². The molecule has 0 bridgehead atoms. The highest BCUT2D eigenvalue weighted by Gasteiger charge is 2.30. The Labute approximate surface area is 173 Å². The Hall–Kier alpha value is -1.71. The van der Waals surface area contributed by atoms with E-state index in [9.17, 15) is 13.2 Å². The van der Waals surface area contributed by atoms with Gasteiger partial charge in [0.25, 0.3) is 6.43 Å². The monoisotopic (exact) mass is 406 g/mol. The summed E-state index contributed by atoms with van der Waals surface area (Å²) in [7, 11) is 0. The zero-order valence-corrected chi connectivity index (χ0v) is 17.4. The first kappa shape index (κ1) is 22.0. The molecule has 0 spiro atoms. The Bertz CT molecular complexity index is 704. The Balaban J connectivity index is 1.69. The van der Waals surface area contributed by atoms with Crippen LogP contribution in [0.1, 0.15) is 81.8 Å². The third-order valence-corrected chi connectivity index (χ3v) is 6.74. The number of benzene rings is 1. The van der Waals surface area contributed by atoms with E-state index in [-0.39, 0.29) is 18.3 Å². The maximum Gasteiger partial charge on any atom is 0.270 e. The predicted molar refractivity (Wildman–Crippen MR) is 112 cm³/mol. The normalized spacial score (nSPS) is 27.2. The van der Waals surface area contributed by atoms with Gasteiger partial charge in [-0.05, 0) is 55.1 Å². The summed E-state index contributed by atoms with van der Waals surface area (Å²) in [5.41, 5.74) is -0.276. The summed E-state index contributed by atoms with van der Waals surface area (Å²) in [6.07, 6.45) is 12.5. The number of ether oxygens (including phenoxy) is 1. The lowest BCUT2D eigenvalue weighted by Crippen LogP contribution is -2.23. The van der Waals surface area contributed by atoms with Gasteiger partial charge in [-0.2, -0.15) is 0 Å². The zero-order valence-electron chi connectivity index (χ0n) is 17.4. The fourth-order valence-electron chi connectivity index (χ4n) is 5.16. The first-order valence-corrected chi connectivity index (χ1v) is 11.1. The van der Waals surface area contributed by atoms with Crippen LogP contribution in [0.4, 0.5) is 13.2 Å². The second kappa shape index (κ2) is 10.4. The molecule has 0 radical (unpaired) electrons. The van der Waals surface area contributed by atoms with Crippen molar-refractivity contribution in [1.82, 2.24) is 0 Å². The lowest BCUT2D eigenvalue weighted by Gasteiger charge is -2.35. The van der Waals surface area contributed by atoms with Crippen molar-refractivity contribution >= 4 is 0 Å². The molecule has 2 aliphatic rings. The second-order valence-electron chi connectivity index (χ2n) is 8.58. The standard InChI is InChI=1S/C25H33F3O/c1-3-5-17-6-8-18(9-7-17)19-10-12-20(13-11-19)21-14-15-22(29-16-4-2)23(24(21)26)25(27)28/h4,10,12,14-15,17-20,25H,2-3,5-9,11,13,16H2,1H3. The van der Waals surface area contributed by atoms with Crippen LogP contribution in [0.15, 0.2) is 36.9 Å². The van der Waals surface area contributed by atoms with E-state index in [0.717, 1.165) is 24.7 Å². The lowest BCUT2D eigenvalue weighted by molar-refractivity contribution is 0.140. The summed E-state index contributed by atoms with van der Waals surface area (Å²) in [6.45, 7) is 5.84. The van der Waals surface area contributed by atoms with Gasteiger partial charge in [-0.1, -0.05) is 63.5 Å². The molecule has 1 nitrogen and oxygen atoms in total. The molecule has 29 heavy (non-hydrogen) atoms. The topological polar surface area (TPSA) is 9.23 Å². The van der Waals surface area contributed by atoms with Gasteiger partial charge in [0.1, 0.15) is 18.2 Å².